The third kappa shape index (κ3) is 5.74. The second-order valence-corrected chi connectivity index (χ2v) is 11.3. The van der Waals surface area contributed by atoms with Crippen molar-refractivity contribution in [1.29, 1.82) is 0 Å². The standard InChI is InChI=1S/C30H38ClN3O3/c1-22-21-37-27-10-3-2-8-23(27)9-4-5-13-30(29(36)32-22)14-18-34(19-15-30)28(35)25-20-24(11-12-26(25)31)33-16-6-7-17-33/h2-3,8,10-12,20,22H,4-7,9,13-19,21H2,1H3,(H,32,36)/t22-/m1/s1. The number of piperidine rings is 1. The molecule has 37 heavy (non-hydrogen) atoms. The Morgan fingerprint density at radius 1 is 1.00 bits per heavy atom. The number of halogens is 1. The summed E-state index contributed by atoms with van der Waals surface area (Å²) >= 11 is 6.49. The first-order valence-corrected chi connectivity index (χ1v) is 14.2. The fraction of sp³-hybridized carbons (Fsp3) is 0.533. The van der Waals surface area contributed by atoms with Gasteiger partial charge in [0.1, 0.15) is 12.4 Å². The Kier molecular flexibility index (Phi) is 7.94. The van der Waals surface area contributed by atoms with Gasteiger partial charge in [0.25, 0.3) is 5.91 Å². The molecule has 2 aromatic rings. The quantitative estimate of drug-likeness (QED) is 0.566. The number of carbonyl (C=O) groups excluding carboxylic acids is 2. The zero-order valence-corrected chi connectivity index (χ0v) is 22.6. The fourth-order valence-corrected chi connectivity index (χ4v) is 6.21. The molecule has 1 spiro atoms. The number of aryl methyl sites for hydroxylation is 1. The summed E-state index contributed by atoms with van der Waals surface area (Å²) in [5.74, 6) is 0.977. The minimum absolute atomic E-state index is 0.0344. The number of likely N-dealkylation sites (tertiary alicyclic amines) is 1. The summed E-state index contributed by atoms with van der Waals surface area (Å²) in [5.41, 5.74) is 2.40. The maximum atomic E-state index is 13.6. The molecule has 3 aliphatic rings. The van der Waals surface area contributed by atoms with E-state index >= 15 is 0 Å². The van der Waals surface area contributed by atoms with E-state index in [-0.39, 0.29) is 17.9 Å². The van der Waals surface area contributed by atoms with Crippen LogP contribution in [0.3, 0.4) is 0 Å². The normalized spacial score (nSPS) is 22.4. The third-order valence-corrected chi connectivity index (χ3v) is 8.66. The van der Waals surface area contributed by atoms with Gasteiger partial charge in [0.2, 0.25) is 5.91 Å². The van der Waals surface area contributed by atoms with Crippen LogP contribution in [0.5, 0.6) is 5.75 Å². The highest BCUT2D eigenvalue weighted by Gasteiger charge is 2.42. The largest absolute Gasteiger partial charge is 0.491 e. The van der Waals surface area contributed by atoms with E-state index in [9.17, 15) is 9.59 Å². The molecule has 0 bridgehead atoms. The van der Waals surface area contributed by atoms with Crippen LogP contribution in [0.4, 0.5) is 5.69 Å². The summed E-state index contributed by atoms with van der Waals surface area (Å²) < 4.78 is 6.07. The number of carbonyl (C=O) groups is 2. The van der Waals surface area contributed by atoms with E-state index in [1.165, 1.54) is 18.4 Å². The van der Waals surface area contributed by atoms with E-state index in [2.05, 4.69) is 22.3 Å². The number of amides is 2. The van der Waals surface area contributed by atoms with E-state index in [1.54, 1.807) is 0 Å². The number of para-hydroxylation sites is 1. The van der Waals surface area contributed by atoms with E-state index in [1.807, 2.05) is 42.2 Å². The van der Waals surface area contributed by atoms with E-state index in [0.717, 1.165) is 50.2 Å². The second-order valence-electron chi connectivity index (χ2n) is 10.9. The van der Waals surface area contributed by atoms with Crippen LogP contribution in [0.2, 0.25) is 5.02 Å². The summed E-state index contributed by atoms with van der Waals surface area (Å²) in [7, 11) is 0. The second kappa shape index (κ2) is 11.3. The van der Waals surface area contributed by atoms with Gasteiger partial charge in [-0.05, 0) is 81.7 Å². The number of hydrogen-bond acceptors (Lipinski definition) is 4. The first-order chi connectivity index (χ1) is 17.9. The molecule has 2 saturated heterocycles. The SMILES string of the molecule is C[C@@H]1COc2ccccc2CCCCC2(CCN(C(=O)c3cc(N4CCCC4)ccc3Cl)CC2)C(=O)N1. The van der Waals surface area contributed by atoms with E-state index in [4.69, 9.17) is 16.3 Å². The molecule has 0 unspecified atom stereocenters. The average molecular weight is 524 g/mol. The Morgan fingerprint density at radius 2 is 1.76 bits per heavy atom. The van der Waals surface area contributed by atoms with Crippen molar-refractivity contribution in [2.24, 2.45) is 5.41 Å². The van der Waals surface area contributed by atoms with Crippen molar-refractivity contribution in [3.05, 3.63) is 58.6 Å². The first-order valence-electron chi connectivity index (χ1n) is 13.8. The monoisotopic (exact) mass is 523 g/mol. The number of nitrogens with one attached hydrogen (secondary N) is 1. The highest BCUT2D eigenvalue weighted by Crippen LogP contribution is 2.39. The lowest BCUT2D eigenvalue weighted by molar-refractivity contribution is -0.135. The number of nitrogens with zero attached hydrogens (tertiary/aromatic N) is 2. The molecule has 5 rings (SSSR count). The van der Waals surface area contributed by atoms with Crippen molar-refractivity contribution < 1.29 is 14.3 Å². The Balaban J connectivity index is 1.27. The van der Waals surface area contributed by atoms with Crippen molar-refractivity contribution in [1.82, 2.24) is 10.2 Å². The van der Waals surface area contributed by atoms with Crippen LogP contribution in [0.15, 0.2) is 42.5 Å². The van der Waals surface area contributed by atoms with Gasteiger partial charge in [0, 0.05) is 31.9 Å². The van der Waals surface area contributed by atoms with Crippen LogP contribution in [-0.2, 0) is 11.2 Å². The van der Waals surface area contributed by atoms with Crippen LogP contribution in [0, 0.1) is 5.41 Å². The van der Waals surface area contributed by atoms with Crippen LogP contribution >= 0.6 is 11.6 Å². The lowest BCUT2D eigenvalue weighted by atomic mass is 9.73. The first kappa shape index (κ1) is 25.9. The molecule has 2 amide bonds. The summed E-state index contributed by atoms with van der Waals surface area (Å²) in [6, 6.07) is 13.9. The molecule has 3 aliphatic heterocycles. The van der Waals surface area contributed by atoms with Gasteiger partial charge >= 0.3 is 0 Å². The maximum Gasteiger partial charge on any atom is 0.255 e. The molecule has 0 saturated carbocycles. The number of anilines is 1. The van der Waals surface area contributed by atoms with Gasteiger partial charge in [0.15, 0.2) is 0 Å². The molecular formula is C30H38ClN3O3. The van der Waals surface area contributed by atoms with Crippen molar-refractivity contribution in [3.8, 4) is 5.75 Å². The zero-order valence-electron chi connectivity index (χ0n) is 21.8. The number of benzene rings is 2. The summed E-state index contributed by atoms with van der Waals surface area (Å²) in [6.45, 7) is 5.59. The molecule has 6 nitrogen and oxygen atoms in total. The number of ether oxygens (including phenoxy) is 1. The van der Waals surface area contributed by atoms with Crippen LogP contribution < -0.4 is 15.0 Å². The summed E-state index contributed by atoms with van der Waals surface area (Å²) in [4.78, 5) is 31.3. The lowest BCUT2D eigenvalue weighted by Gasteiger charge is -2.41. The summed E-state index contributed by atoms with van der Waals surface area (Å²) in [5, 5.41) is 3.71. The van der Waals surface area contributed by atoms with Gasteiger partial charge in [-0.3, -0.25) is 9.59 Å². The van der Waals surface area contributed by atoms with Crippen LogP contribution in [0.25, 0.3) is 0 Å². The highest BCUT2D eigenvalue weighted by molar-refractivity contribution is 6.34. The molecule has 2 aromatic carbocycles. The molecule has 0 aromatic heterocycles. The fourth-order valence-electron chi connectivity index (χ4n) is 6.01. The molecule has 1 atom stereocenters. The maximum absolute atomic E-state index is 13.6. The van der Waals surface area contributed by atoms with Crippen LogP contribution in [-0.4, -0.2) is 55.5 Å². The van der Waals surface area contributed by atoms with E-state index in [0.29, 0.717) is 43.1 Å². The lowest BCUT2D eigenvalue weighted by Crippen LogP contribution is -2.52. The topological polar surface area (TPSA) is 61.9 Å². The molecule has 1 N–H and O–H groups in total. The molecular weight excluding hydrogens is 486 g/mol. The zero-order chi connectivity index (χ0) is 25.8. The summed E-state index contributed by atoms with van der Waals surface area (Å²) in [6.07, 6.45) is 7.44. The molecule has 198 valence electrons. The Labute approximate surface area is 225 Å². The van der Waals surface area contributed by atoms with Gasteiger partial charge in [0.05, 0.1) is 22.0 Å². The van der Waals surface area contributed by atoms with Crippen molar-refractivity contribution in [2.75, 3.05) is 37.7 Å². The molecule has 0 aliphatic carbocycles. The number of rotatable bonds is 2. The Morgan fingerprint density at radius 3 is 2.54 bits per heavy atom. The van der Waals surface area contributed by atoms with Crippen molar-refractivity contribution in [3.63, 3.8) is 0 Å². The minimum Gasteiger partial charge on any atom is -0.491 e. The Bertz CT molecular complexity index is 1120. The number of hydrogen-bond donors (Lipinski definition) is 1. The average Bonchev–Trinajstić information content (AvgIpc) is 3.45. The Hall–Kier alpha value is -2.73. The van der Waals surface area contributed by atoms with Gasteiger partial charge in [-0.2, -0.15) is 0 Å². The number of fused-ring (bicyclic) bond motifs is 1. The van der Waals surface area contributed by atoms with Gasteiger partial charge in [-0.15, -0.1) is 0 Å². The predicted molar refractivity (Wildman–Crippen MR) is 148 cm³/mol. The predicted octanol–water partition coefficient (Wildman–Crippen LogP) is 5.47. The molecule has 2 fully saturated rings. The van der Waals surface area contributed by atoms with Gasteiger partial charge in [-0.25, -0.2) is 0 Å². The third-order valence-electron chi connectivity index (χ3n) is 8.33. The van der Waals surface area contributed by atoms with Gasteiger partial charge in [-0.1, -0.05) is 36.2 Å². The minimum atomic E-state index is -0.453. The molecule has 0 radical (unpaired) electrons. The highest BCUT2D eigenvalue weighted by atomic mass is 35.5. The van der Waals surface area contributed by atoms with Crippen molar-refractivity contribution in [2.45, 2.75) is 64.3 Å². The van der Waals surface area contributed by atoms with Gasteiger partial charge < -0.3 is 19.9 Å². The van der Waals surface area contributed by atoms with E-state index < -0.39 is 5.41 Å². The van der Waals surface area contributed by atoms with Crippen molar-refractivity contribution >= 4 is 29.1 Å². The van der Waals surface area contributed by atoms with Crippen LogP contribution in [0.1, 0.15) is 67.8 Å². The smallest absolute Gasteiger partial charge is 0.255 e. The molecule has 3 heterocycles. The molecule has 7 heteroatoms.